The summed E-state index contributed by atoms with van der Waals surface area (Å²) in [6.45, 7) is 0. The maximum absolute atomic E-state index is 12.0. The number of hydrogen-bond donors (Lipinski definition) is 0. The molecule has 0 fully saturated rings. The first-order valence-corrected chi connectivity index (χ1v) is 8.61. The number of carbonyl (C=O) groups excluding carboxylic acids is 1. The van der Waals surface area contributed by atoms with Gasteiger partial charge in [-0.15, -0.1) is 11.3 Å². The van der Waals surface area contributed by atoms with Crippen LogP contribution in [0.25, 0.3) is 16.2 Å². The van der Waals surface area contributed by atoms with Gasteiger partial charge in [0.15, 0.2) is 5.70 Å². The topological polar surface area (TPSA) is 51.8 Å². The summed E-state index contributed by atoms with van der Waals surface area (Å²) in [5.74, 6) is 0.0689. The van der Waals surface area contributed by atoms with Crippen LogP contribution in [0, 0.1) is 0 Å². The normalized spacial score (nSPS) is 16.0. The van der Waals surface area contributed by atoms with Gasteiger partial charge < -0.3 is 9.15 Å². The van der Waals surface area contributed by atoms with E-state index in [4.69, 9.17) is 44.0 Å². The number of benzene rings is 1. The highest BCUT2D eigenvalue weighted by Gasteiger charge is 2.28. The number of thiophene rings is 1. The van der Waals surface area contributed by atoms with E-state index in [1.165, 1.54) is 23.7 Å². The number of carbonyl (C=O) groups is 1. The summed E-state index contributed by atoms with van der Waals surface area (Å²) in [6, 6.07) is 6.78. The zero-order valence-corrected chi connectivity index (χ0v) is 14.8. The van der Waals surface area contributed by atoms with Gasteiger partial charge in [-0.05, 0) is 24.3 Å². The third-order valence-electron chi connectivity index (χ3n) is 3.29. The molecule has 4 nitrogen and oxygen atoms in total. The van der Waals surface area contributed by atoms with Crippen LogP contribution in [0.1, 0.15) is 10.6 Å². The molecule has 0 N–H and O–H groups in total. The Kier molecular flexibility index (Phi) is 3.89. The molecule has 0 bridgehead atoms. The van der Waals surface area contributed by atoms with E-state index in [0.717, 1.165) is 4.70 Å². The van der Waals surface area contributed by atoms with Crippen molar-refractivity contribution >= 4 is 74.2 Å². The largest absolute Gasteiger partial charge is 0.465 e. The molecule has 1 aliphatic rings. The third-order valence-corrected chi connectivity index (χ3v) is 5.42. The molecule has 0 saturated heterocycles. The lowest BCUT2D eigenvalue weighted by Gasteiger charge is -1.97. The average molecular weight is 399 g/mol. The van der Waals surface area contributed by atoms with Crippen LogP contribution in [-0.4, -0.2) is 11.9 Å². The standard InChI is InChI=1S/C16H6Cl3NO3S/c17-7-4-9(18)12-11(5-7)24-14(13(12)19)15-20-10(16(21)23-15)6-8-2-1-3-22-8/h1-6H/b10-6-. The van der Waals surface area contributed by atoms with Crippen molar-refractivity contribution in [3.05, 3.63) is 61.9 Å². The lowest BCUT2D eigenvalue weighted by Crippen LogP contribution is -2.04. The first-order chi connectivity index (χ1) is 11.5. The molecule has 4 rings (SSSR count). The van der Waals surface area contributed by atoms with Crippen molar-refractivity contribution in [2.45, 2.75) is 0 Å². The zero-order valence-electron chi connectivity index (χ0n) is 11.7. The fourth-order valence-corrected chi connectivity index (χ4v) is 4.56. The Balaban J connectivity index is 1.82. The van der Waals surface area contributed by atoms with Crippen LogP contribution in [-0.2, 0) is 9.53 Å². The Labute approximate surface area is 154 Å². The van der Waals surface area contributed by atoms with E-state index in [2.05, 4.69) is 4.99 Å². The smallest absolute Gasteiger partial charge is 0.363 e. The third kappa shape index (κ3) is 2.63. The van der Waals surface area contributed by atoms with Crippen molar-refractivity contribution < 1.29 is 13.9 Å². The van der Waals surface area contributed by atoms with Crippen molar-refractivity contribution in [3.63, 3.8) is 0 Å². The first kappa shape index (κ1) is 15.7. The van der Waals surface area contributed by atoms with Crippen molar-refractivity contribution in [1.29, 1.82) is 0 Å². The van der Waals surface area contributed by atoms with Crippen molar-refractivity contribution in [3.8, 4) is 0 Å². The summed E-state index contributed by atoms with van der Waals surface area (Å²) in [5.41, 5.74) is 0.137. The molecule has 3 heterocycles. The molecule has 3 aromatic rings. The van der Waals surface area contributed by atoms with Gasteiger partial charge in [0.25, 0.3) is 0 Å². The van der Waals surface area contributed by atoms with Gasteiger partial charge in [0.2, 0.25) is 5.90 Å². The van der Waals surface area contributed by atoms with Crippen molar-refractivity contribution in [1.82, 2.24) is 0 Å². The fraction of sp³-hybridized carbons (Fsp3) is 0. The maximum atomic E-state index is 12.0. The summed E-state index contributed by atoms with van der Waals surface area (Å²) >= 11 is 19.9. The minimum Gasteiger partial charge on any atom is -0.465 e. The van der Waals surface area contributed by atoms with Gasteiger partial charge in [0.1, 0.15) is 10.6 Å². The molecule has 1 aromatic carbocycles. The van der Waals surface area contributed by atoms with E-state index in [0.29, 0.717) is 31.1 Å². The average Bonchev–Trinajstić information content (AvgIpc) is 3.21. The Morgan fingerprint density at radius 3 is 2.79 bits per heavy atom. The van der Waals surface area contributed by atoms with Crippen LogP contribution in [0.15, 0.2) is 45.6 Å². The number of halogens is 3. The van der Waals surface area contributed by atoms with Gasteiger partial charge in [-0.3, -0.25) is 0 Å². The maximum Gasteiger partial charge on any atom is 0.363 e. The Morgan fingerprint density at radius 1 is 1.21 bits per heavy atom. The van der Waals surface area contributed by atoms with Gasteiger partial charge in [0.05, 0.1) is 16.3 Å². The number of esters is 1. The molecule has 0 spiro atoms. The van der Waals surface area contributed by atoms with Crippen LogP contribution in [0.5, 0.6) is 0 Å². The van der Waals surface area contributed by atoms with E-state index in [1.807, 2.05) is 0 Å². The van der Waals surface area contributed by atoms with Gasteiger partial charge in [-0.1, -0.05) is 34.8 Å². The highest BCUT2D eigenvalue weighted by Crippen LogP contribution is 2.42. The van der Waals surface area contributed by atoms with Crippen LogP contribution < -0.4 is 0 Å². The molecular formula is C16H6Cl3NO3S. The quantitative estimate of drug-likeness (QED) is 0.405. The van der Waals surface area contributed by atoms with Crippen LogP contribution >= 0.6 is 46.1 Å². The van der Waals surface area contributed by atoms with Gasteiger partial charge in [0, 0.05) is 21.2 Å². The number of hydrogen-bond acceptors (Lipinski definition) is 5. The molecule has 0 unspecified atom stereocenters. The minimum atomic E-state index is -0.570. The molecule has 0 saturated carbocycles. The Hall–Kier alpha value is -1.79. The van der Waals surface area contributed by atoms with E-state index >= 15 is 0 Å². The first-order valence-electron chi connectivity index (χ1n) is 6.66. The number of nitrogens with zero attached hydrogens (tertiary/aromatic N) is 1. The van der Waals surface area contributed by atoms with Gasteiger partial charge in [-0.2, -0.15) is 0 Å². The second-order valence-electron chi connectivity index (χ2n) is 4.86. The molecule has 24 heavy (non-hydrogen) atoms. The number of aliphatic imine (C=N–C) groups is 1. The lowest BCUT2D eigenvalue weighted by atomic mass is 10.2. The second-order valence-corrected chi connectivity index (χ2v) is 7.13. The molecule has 120 valence electrons. The van der Waals surface area contributed by atoms with Crippen molar-refractivity contribution in [2.75, 3.05) is 0 Å². The predicted molar refractivity (Wildman–Crippen MR) is 96.2 cm³/mol. The molecule has 0 radical (unpaired) electrons. The van der Waals surface area contributed by atoms with Crippen LogP contribution in [0.4, 0.5) is 0 Å². The number of furan rings is 1. The summed E-state index contributed by atoms with van der Waals surface area (Å²) in [5, 5.41) is 1.97. The highest BCUT2D eigenvalue weighted by atomic mass is 35.5. The monoisotopic (exact) mass is 397 g/mol. The van der Waals surface area contributed by atoms with E-state index < -0.39 is 5.97 Å². The van der Waals surface area contributed by atoms with Gasteiger partial charge in [-0.25, -0.2) is 9.79 Å². The Morgan fingerprint density at radius 2 is 2.04 bits per heavy atom. The highest BCUT2D eigenvalue weighted by molar-refractivity contribution is 7.21. The number of rotatable bonds is 2. The Bertz CT molecular complexity index is 1030. The van der Waals surface area contributed by atoms with Crippen molar-refractivity contribution in [2.24, 2.45) is 4.99 Å². The molecule has 2 aromatic heterocycles. The van der Waals surface area contributed by atoms with E-state index in [-0.39, 0.29) is 11.6 Å². The molecule has 0 atom stereocenters. The van der Waals surface area contributed by atoms with Crippen LogP contribution in [0.2, 0.25) is 15.1 Å². The fourth-order valence-electron chi connectivity index (χ4n) is 2.26. The zero-order chi connectivity index (χ0) is 16.8. The molecule has 0 aliphatic carbocycles. The summed E-state index contributed by atoms with van der Waals surface area (Å²) in [7, 11) is 0. The van der Waals surface area contributed by atoms with Gasteiger partial charge >= 0.3 is 5.97 Å². The SMILES string of the molecule is O=C1OC(c2sc3cc(Cl)cc(Cl)c3c2Cl)=N/C1=C\c1ccco1. The minimum absolute atomic E-state index is 0.135. The number of ether oxygens (including phenoxy) is 1. The summed E-state index contributed by atoms with van der Waals surface area (Å²) < 4.78 is 11.2. The van der Waals surface area contributed by atoms with Crippen LogP contribution in [0.3, 0.4) is 0 Å². The summed E-state index contributed by atoms with van der Waals surface area (Å²) in [6.07, 6.45) is 3.01. The molecule has 0 amide bonds. The summed E-state index contributed by atoms with van der Waals surface area (Å²) in [4.78, 5) is 16.7. The lowest BCUT2D eigenvalue weighted by molar-refractivity contribution is -0.129. The molecule has 8 heteroatoms. The van der Waals surface area contributed by atoms with E-state index in [1.54, 1.807) is 24.3 Å². The molecule has 1 aliphatic heterocycles. The number of fused-ring (bicyclic) bond motifs is 1. The second kappa shape index (κ2) is 5.93. The molecular weight excluding hydrogens is 393 g/mol. The predicted octanol–water partition coefficient (Wildman–Crippen LogP) is 5.80. The number of cyclic esters (lactones) is 1. The van der Waals surface area contributed by atoms with E-state index in [9.17, 15) is 4.79 Å².